The van der Waals surface area contributed by atoms with Gasteiger partial charge in [-0.25, -0.2) is 8.42 Å². The van der Waals surface area contributed by atoms with Crippen LogP contribution in [0.2, 0.25) is 0 Å². The van der Waals surface area contributed by atoms with Gasteiger partial charge in [0.15, 0.2) is 0 Å². The zero-order valence-electron chi connectivity index (χ0n) is 13.4. The fraction of sp³-hybridized carbons (Fsp3) is 0.562. The van der Waals surface area contributed by atoms with Crippen LogP contribution in [-0.2, 0) is 21.2 Å². The van der Waals surface area contributed by atoms with Gasteiger partial charge in [0.1, 0.15) is 0 Å². The summed E-state index contributed by atoms with van der Waals surface area (Å²) in [5, 5.41) is 9.34. The van der Waals surface area contributed by atoms with E-state index in [4.69, 9.17) is 0 Å². The van der Waals surface area contributed by atoms with Crippen LogP contribution in [0.25, 0.3) is 0 Å². The highest BCUT2D eigenvalue weighted by atomic mass is 32.2. The summed E-state index contributed by atoms with van der Waals surface area (Å²) >= 11 is 0. The fourth-order valence-corrected chi connectivity index (χ4v) is 5.08. The molecule has 23 heavy (non-hydrogen) atoms. The van der Waals surface area contributed by atoms with E-state index < -0.39 is 10.0 Å². The zero-order valence-corrected chi connectivity index (χ0v) is 14.2. The molecule has 1 amide bonds. The molecule has 2 aliphatic heterocycles. The van der Waals surface area contributed by atoms with Gasteiger partial charge in [-0.2, -0.15) is 4.31 Å². The number of aliphatic hydroxyl groups is 1. The van der Waals surface area contributed by atoms with Gasteiger partial charge in [0.2, 0.25) is 15.9 Å². The molecule has 0 saturated carbocycles. The van der Waals surface area contributed by atoms with Gasteiger partial charge >= 0.3 is 0 Å². The third-order valence-electron chi connectivity index (χ3n) is 4.93. The van der Waals surface area contributed by atoms with Crippen LogP contribution in [0.5, 0.6) is 0 Å². The summed E-state index contributed by atoms with van der Waals surface area (Å²) < 4.78 is 27.1. The smallest absolute Gasteiger partial charge is 0.243 e. The van der Waals surface area contributed by atoms with Gasteiger partial charge in [-0.1, -0.05) is 6.92 Å². The molecule has 0 radical (unpaired) electrons. The number of rotatable bonds is 3. The molecule has 1 aromatic carbocycles. The van der Waals surface area contributed by atoms with E-state index in [0.717, 1.165) is 11.3 Å². The maximum absolute atomic E-state index is 12.8. The molecule has 126 valence electrons. The van der Waals surface area contributed by atoms with Crippen molar-refractivity contribution in [2.75, 3.05) is 31.1 Å². The molecule has 1 fully saturated rings. The molecule has 2 atom stereocenters. The number of carbonyl (C=O) groups excluding carboxylic acids is 1. The summed E-state index contributed by atoms with van der Waals surface area (Å²) in [5.41, 5.74) is 1.70. The fourth-order valence-electron chi connectivity index (χ4n) is 3.43. The number of sulfonamides is 1. The lowest BCUT2D eigenvalue weighted by Crippen LogP contribution is -2.29. The van der Waals surface area contributed by atoms with E-state index in [0.29, 0.717) is 26.1 Å². The number of fused-ring (bicyclic) bond motifs is 1. The van der Waals surface area contributed by atoms with Crippen molar-refractivity contribution in [3.8, 4) is 0 Å². The Morgan fingerprint density at radius 2 is 2.09 bits per heavy atom. The normalized spacial score (nSPS) is 24.9. The first-order chi connectivity index (χ1) is 10.8. The van der Waals surface area contributed by atoms with E-state index in [-0.39, 0.29) is 29.2 Å². The Hall–Kier alpha value is -1.44. The van der Waals surface area contributed by atoms with Gasteiger partial charge in [0.05, 0.1) is 4.90 Å². The van der Waals surface area contributed by atoms with Gasteiger partial charge in [-0.05, 0) is 42.0 Å². The Kier molecular flexibility index (Phi) is 4.20. The number of benzene rings is 1. The van der Waals surface area contributed by atoms with Crippen LogP contribution < -0.4 is 4.90 Å². The quantitative estimate of drug-likeness (QED) is 0.886. The van der Waals surface area contributed by atoms with Crippen LogP contribution in [0, 0.1) is 11.8 Å². The highest BCUT2D eigenvalue weighted by Gasteiger charge is 2.37. The maximum Gasteiger partial charge on any atom is 0.243 e. The Labute approximate surface area is 136 Å². The molecule has 0 spiro atoms. The van der Waals surface area contributed by atoms with Crippen LogP contribution >= 0.6 is 0 Å². The van der Waals surface area contributed by atoms with E-state index in [2.05, 4.69) is 0 Å². The van der Waals surface area contributed by atoms with Crippen LogP contribution in [-0.4, -0.2) is 50.0 Å². The van der Waals surface area contributed by atoms with E-state index in [1.165, 1.54) is 11.2 Å². The highest BCUT2D eigenvalue weighted by molar-refractivity contribution is 7.89. The van der Waals surface area contributed by atoms with Crippen LogP contribution in [0.4, 0.5) is 5.69 Å². The third-order valence-corrected chi connectivity index (χ3v) is 6.76. The molecule has 3 rings (SSSR count). The molecular weight excluding hydrogens is 316 g/mol. The minimum atomic E-state index is -3.56. The Morgan fingerprint density at radius 1 is 1.35 bits per heavy atom. The molecular formula is C16H22N2O4S. The first-order valence-electron chi connectivity index (χ1n) is 7.86. The molecule has 6 nitrogen and oxygen atoms in total. The summed E-state index contributed by atoms with van der Waals surface area (Å²) in [6, 6.07) is 4.98. The monoisotopic (exact) mass is 338 g/mol. The number of hydrogen-bond donors (Lipinski definition) is 1. The molecule has 0 aliphatic carbocycles. The summed E-state index contributed by atoms with van der Waals surface area (Å²) in [7, 11) is -3.56. The van der Waals surface area contributed by atoms with Gasteiger partial charge in [-0.15, -0.1) is 0 Å². The largest absolute Gasteiger partial charge is 0.396 e. The summed E-state index contributed by atoms with van der Waals surface area (Å²) in [5.74, 6) is 0.114. The summed E-state index contributed by atoms with van der Waals surface area (Å²) in [6.07, 6.45) is 0.675. The molecule has 2 heterocycles. The van der Waals surface area contributed by atoms with Crippen molar-refractivity contribution in [2.24, 2.45) is 11.8 Å². The minimum absolute atomic E-state index is 0.00491. The van der Waals surface area contributed by atoms with Crippen molar-refractivity contribution in [3.63, 3.8) is 0 Å². The summed E-state index contributed by atoms with van der Waals surface area (Å²) in [6.45, 7) is 4.87. The molecule has 7 heteroatoms. The first-order valence-corrected chi connectivity index (χ1v) is 9.30. The van der Waals surface area contributed by atoms with Crippen LogP contribution in [0.3, 0.4) is 0 Å². The third kappa shape index (κ3) is 2.77. The predicted molar refractivity (Wildman–Crippen MR) is 86.7 cm³/mol. The van der Waals surface area contributed by atoms with Crippen molar-refractivity contribution in [1.29, 1.82) is 0 Å². The lowest BCUT2D eigenvalue weighted by Gasteiger charge is -2.18. The standard InChI is InChI=1S/C16H22N2O4S/c1-11-8-17(9-14(11)10-19)23(21,22)15-3-4-16-13(7-15)5-6-18(16)12(2)20/h3-4,7,11,14,19H,5-6,8-10H2,1-2H3/t11-,14+/m1/s1. The molecule has 0 unspecified atom stereocenters. The van der Waals surface area contributed by atoms with Crippen LogP contribution in [0.1, 0.15) is 19.4 Å². The average molecular weight is 338 g/mol. The number of anilines is 1. The van der Waals surface area contributed by atoms with Gasteiger partial charge in [-0.3, -0.25) is 4.79 Å². The highest BCUT2D eigenvalue weighted by Crippen LogP contribution is 2.33. The van der Waals surface area contributed by atoms with Crippen molar-refractivity contribution in [2.45, 2.75) is 25.2 Å². The zero-order chi connectivity index (χ0) is 16.8. The van der Waals surface area contributed by atoms with Crippen LogP contribution in [0.15, 0.2) is 23.1 Å². The number of carbonyl (C=O) groups is 1. The number of nitrogens with zero attached hydrogens (tertiary/aromatic N) is 2. The van der Waals surface area contributed by atoms with E-state index in [9.17, 15) is 18.3 Å². The number of aliphatic hydroxyl groups excluding tert-OH is 1. The number of hydrogen-bond acceptors (Lipinski definition) is 4. The molecule has 2 aliphatic rings. The van der Waals surface area contributed by atoms with Crippen molar-refractivity contribution >= 4 is 21.6 Å². The SMILES string of the molecule is CC(=O)N1CCc2cc(S(=O)(=O)N3C[C@@H](CO)[C@H](C)C3)ccc21. The van der Waals surface area contributed by atoms with E-state index in [1.807, 2.05) is 6.92 Å². The molecule has 0 bridgehead atoms. The van der Waals surface area contributed by atoms with E-state index in [1.54, 1.807) is 23.1 Å². The molecule has 1 saturated heterocycles. The predicted octanol–water partition coefficient (Wildman–Crippen LogP) is 0.845. The summed E-state index contributed by atoms with van der Waals surface area (Å²) in [4.78, 5) is 13.5. The first kappa shape index (κ1) is 16.4. The van der Waals surface area contributed by atoms with Gasteiger partial charge < -0.3 is 10.0 Å². The second kappa shape index (κ2) is 5.89. The van der Waals surface area contributed by atoms with Crippen molar-refractivity contribution < 1.29 is 18.3 Å². The lowest BCUT2D eigenvalue weighted by molar-refractivity contribution is -0.116. The average Bonchev–Trinajstić information content (AvgIpc) is 3.09. The second-order valence-electron chi connectivity index (χ2n) is 6.45. The molecule has 0 aromatic heterocycles. The Balaban J connectivity index is 1.89. The van der Waals surface area contributed by atoms with E-state index >= 15 is 0 Å². The molecule has 1 aromatic rings. The topological polar surface area (TPSA) is 77.9 Å². The maximum atomic E-state index is 12.8. The van der Waals surface area contributed by atoms with Gasteiger partial charge in [0, 0.05) is 38.9 Å². The minimum Gasteiger partial charge on any atom is -0.396 e. The Morgan fingerprint density at radius 3 is 2.70 bits per heavy atom. The lowest BCUT2D eigenvalue weighted by atomic mass is 10.00. The van der Waals surface area contributed by atoms with Crippen molar-refractivity contribution in [1.82, 2.24) is 4.31 Å². The Bertz CT molecular complexity index is 732. The van der Waals surface area contributed by atoms with Crippen molar-refractivity contribution in [3.05, 3.63) is 23.8 Å². The van der Waals surface area contributed by atoms with Gasteiger partial charge in [0.25, 0.3) is 0 Å². The second-order valence-corrected chi connectivity index (χ2v) is 8.39. The number of amides is 1. The molecule has 1 N–H and O–H groups in total.